The Morgan fingerprint density at radius 3 is 2.44 bits per heavy atom. The first kappa shape index (κ1) is 13.5. The molecule has 1 aromatic rings. The number of amides is 1. The number of rotatable bonds is 2. The number of piperidine rings is 1. The van der Waals surface area contributed by atoms with Gasteiger partial charge in [-0.2, -0.15) is 0 Å². The normalized spacial score (nSPS) is 16.3. The van der Waals surface area contributed by atoms with Crippen LogP contribution in [0.3, 0.4) is 0 Å². The van der Waals surface area contributed by atoms with Crippen molar-refractivity contribution >= 4 is 35.0 Å². The Hall–Kier alpha value is -0.970. The van der Waals surface area contributed by atoms with Crippen molar-refractivity contribution in [2.45, 2.75) is 18.9 Å². The molecule has 98 valence electrons. The quantitative estimate of drug-likeness (QED) is 0.878. The summed E-state index contributed by atoms with van der Waals surface area (Å²) in [5.41, 5.74) is 0.534. The maximum Gasteiger partial charge on any atom is 0.411 e. The highest BCUT2D eigenvalue weighted by Crippen LogP contribution is 2.22. The minimum atomic E-state index is -0.472. The fourth-order valence-electron chi connectivity index (χ4n) is 1.84. The fraction of sp³-hybridized carbons (Fsp3) is 0.417. The lowest BCUT2D eigenvalue weighted by atomic mass is 10.1. The molecule has 0 aromatic heterocycles. The molecule has 1 heterocycles. The molecule has 4 nitrogen and oxygen atoms in total. The molecule has 0 atom stereocenters. The van der Waals surface area contributed by atoms with Crippen molar-refractivity contribution in [3.05, 3.63) is 28.2 Å². The first-order chi connectivity index (χ1) is 8.63. The predicted molar refractivity (Wildman–Crippen MR) is 72.5 cm³/mol. The van der Waals surface area contributed by atoms with Crippen molar-refractivity contribution in [3.63, 3.8) is 0 Å². The molecule has 0 saturated carbocycles. The minimum Gasteiger partial charge on any atom is -0.446 e. The average molecular weight is 289 g/mol. The first-order valence-electron chi connectivity index (χ1n) is 5.78. The Morgan fingerprint density at radius 1 is 1.22 bits per heavy atom. The second-order valence-corrected chi connectivity index (χ2v) is 5.01. The van der Waals surface area contributed by atoms with Crippen LogP contribution in [0, 0.1) is 0 Å². The van der Waals surface area contributed by atoms with E-state index in [9.17, 15) is 4.79 Å². The molecule has 18 heavy (non-hydrogen) atoms. The van der Waals surface area contributed by atoms with Crippen LogP contribution in [0.25, 0.3) is 0 Å². The van der Waals surface area contributed by atoms with Crippen LogP contribution in [0.15, 0.2) is 18.2 Å². The lowest BCUT2D eigenvalue weighted by molar-refractivity contribution is 0.0909. The lowest BCUT2D eigenvalue weighted by Crippen LogP contribution is -2.34. The Bertz CT molecular complexity index is 414. The highest BCUT2D eigenvalue weighted by Gasteiger charge is 2.17. The molecule has 0 bridgehead atoms. The summed E-state index contributed by atoms with van der Waals surface area (Å²) in [6, 6.07) is 4.85. The second kappa shape index (κ2) is 6.27. The highest BCUT2D eigenvalue weighted by molar-refractivity contribution is 6.35. The molecular formula is C12H14Cl2N2O2. The number of hydrogen-bond acceptors (Lipinski definition) is 3. The monoisotopic (exact) mass is 288 g/mol. The molecule has 0 aliphatic carbocycles. The summed E-state index contributed by atoms with van der Waals surface area (Å²) in [7, 11) is 0. The predicted octanol–water partition coefficient (Wildman–Crippen LogP) is 3.29. The Labute approximate surface area is 116 Å². The van der Waals surface area contributed by atoms with Crippen molar-refractivity contribution in [2.75, 3.05) is 18.4 Å². The summed E-state index contributed by atoms with van der Waals surface area (Å²) in [6.07, 6.45) is 1.18. The van der Waals surface area contributed by atoms with Gasteiger partial charge in [0, 0.05) is 15.7 Å². The summed E-state index contributed by atoms with van der Waals surface area (Å²) in [5, 5.41) is 6.77. The zero-order valence-corrected chi connectivity index (χ0v) is 11.2. The molecule has 1 aliphatic rings. The SMILES string of the molecule is O=C(Nc1cc(Cl)cc(Cl)c1)OC1CCNCC1. The van der Waals surface area contributed by atoms with Crippen molar-refractivity contribution in [2.24, 2.45) is 0 Å². The number of carbonyl (C=O) groups excluding carboxylic acids is 1. The summed E-state index contributed by atoms with van der Waals surface area (Å²) in [5.74, 6) is 0. The van der Waals surface area contributed by atoms with E-state index in [0.29, 0.717) is 15.7 Å². The van der Waals surface area contributed by atoms with Crippen molar-refractivity contribution in [3.8, 4) is 0 Å². The maximum absolute atomic E-state index is 11.7. The van der Waals surface area contributed by atoms with Gasteiger partial charge in [0.1, 0.15) is 6.10 Å². The Morgan fingerprint density at radius 2 is 1.83 bits per heavy atom. The van der Waals surface area contributed by atoms with E-state index in [2.05, 4.69) is 10.6 Å². The van der Waals surface area contributed by atoms with Crippen LogP contribution in [0.5, 0.6) is 0 Å². The van der Waals surface area contributed by atoms with Gasteiger partial charge in [-0.1, -0.05) is 23.2 Å². The number of anilines is 1. The lowest BCUT2D eigenvalue weighted by Gasteiger charge is -2.22. The minimum absolute atomic E-state index is 0.0269. The maximum atomic E-state index is 11.7. The zero-order valence-electron chi connectivity index (χ0n) is 9.71. The highest BCUT2D eigenvalue weighted by atomic mass is 35.5. The molecule has 2 rings (SSSR count). The number of benzene rings is 1. The molecule has 0 spiro atoms. The Balaban J connectivity index is 1.89. The van der Waals surface area contributed by atoms with Gasteiger partial charge in [0.2, 0.25) is 0 Å². The zero-order chi connectivity index (χ0) is 13.0. The van der Waals surface area contributed by atoms with Crippen LogP contribution in [-0.2, 0) is 4.74 Å². The molecule has 2 N–H and O–H groups in total. The summed E-state index contributed by atoms with van der Waals surface area (Å²) < 4.78 is 5.30. The number of nitrogens with one attached hydrogen (secondary N) is 2. The van der Waals surface area contributed by atoms with E-state index < -0.39 is 6.09 Å². The van der Waals surface area contributed by atoms with Crippen molar-refractivity contribution in [1.29, 1.82) is 0 Å². The number of ether oxygens (including phenoxy) is 1. The average Bonchev–Trinajstić information content (AvgIpc) is 2.28. The first-order valence-corrected chi connectivity index (χ1v) is 6.53. The van der Waals surface area contributed by atoms with Gasteiger partial charge in [-0.25, -0.2) is 4.79 Å². The molecule has 6 heteroatoms. The third kappa shape index (κ3) is 4.05. The van der Waals surface area contributed by atoms with Crippen LogP contribution < -0.4 is 10.6 Å². The molecule has 1 saturated heterocycles. The molecular weight excluding hydrogens is 275 g/mol. The molecule has 0 radical (unpaired) electrons. The van der Waals surface area contributed by atoms with Gasteiger partial charge >= 0.3 is 6.09 Å². The van der Waals surface area contributed by atoms with E-state index in [1.54, 1.807) is 18.2 Å². The number of hydrogen-bond donors (Lipinski definition) is 2. The standard InChI is InChI=1S/C12H14Cl2N2O2/c13-8-5-9(14)7-10(6-8)16-12(17)18-11-1-3-15-4-2-11/h5-7,11,15H,1-4H2,(H,16,17). The van der Waals surface area contributed by atoms with E-state index in [1.165, 1.54) is 0 Å². The van der Waals surface area contributed by atoms with E-state index >= 15 is 0 Å². The van der Waals surface area contributed by atoms with Crippen LogP contribution in [0.4, 0.5) is 10.5 Å². The van der Waals surface area contributed by atoms with Gasteiger partial charge in [-0.15, -0.1) is 0 Å². The van der Waals surface area contributed by atoms with E-state index in [1.807, 2.05) is 0 Å². The van der Waals surface area contributed by atoms with Gasteiger partial charge in [0.05, 0.1) is 0 Å². The molecule has 1 aliphatic heterocycles. The number of halogens is 2. The van der Waals surface area contributed by atoms with Gasteiger partial charge in [0.25, 0.3) is 0 Å². The van der Waals surface area contributed by atoms with E-state index in [4.69, 9.17) is 27.9 Å². The van der Waals surface area contributed by atoms with E-state index in [0.717, 1.165) is 25.9 Å². The second-order valence-electron chi connectivity index (χ2n) is 4.14. The summed E-state index contributed by atoms with van der Waals surface area (Å²) in [4.78, 5) is 11.7. The molecule has 0 unspecified atom stereocenters. The van der Waals surface area contributed by atoms with Gasteiger partial charge in [0.15, 0.2) is 0 Å². The molecule has 1 fully saturated rings. The van der Waals surface area contributed by atoms with Crippen LogP contribution in [0.2, 0.25) is 10.0 Å². The van der Waals surface area contributed by atoms with Gasteiger partial charge < -0.3 is 10.1 Å². The Kier molecular flexibility index (Phi) is 4.69. The van der Waals surface area contributed by atoms with Gasteiger partial charge in [-0.05, 0) is 44.1 Å². The van der Waals surface area contributed by atoms with Crippen LogP contribution in [-0.4, -0.2) is 25.3 Å². The van der Waals surface area contributed by atoms with Crippen LogP contribution >= 0.6 is 23.2 Å². The smallest absolute Gasteiger partial charge is 0.411 e. The van der Waals surface area contributed by atoms with Crippen molar-refractivity contribution in [1.82, 2.24) is 5.32 Å². The summed E-state index contributed by atoms with van der Waals surface area (Å²) in [6.45, 7) is 1.75. The topological polar surface area (TPSA) is 50.4 Å². The van der Waals surface area contributed by atoms with Crippen molar-refractivity contribution < 1.29 is 9.53 Å². The third-order valence-electron chi connectivity index (χ3n) is 2.67. The third-order valence-corrected chi connectivity index (χ3v) is 3.11. The van der Waals surface area contributed by atoms with Gasteiger partial charge in [-0.3, -0.25) is 5.32 Å². The summed E-state index contributed by atoms with van der Waals surface area (Å²) >= 11 is 11.7. The largest absolute Gasteiger partial charge is 0.446 e. The number of carbonyl (C=O) groups is 1. The fourth-order valence-corrected chi connectivity index (χ4v) is 2.36. The molecule has 1 amide bonds. The molecule has 1 aromatic carbocycles. The van der Waals surface area contributed by atoms with Crippen LogP contribution in [0.1, 0.15) is 12.8 Å². The van der Waals surface area contributed by atoms with E-state index in [-0.39, 0.29) is 6.10 Å².